The number of anilines is 2. The third-order valence-electron chi connectivity index (χ3n) is 5.08. The van der Waals surface area contributed by atoms with Crippen molar-refractivity contribution in [1.29, 1.82) is 0 Å². The first-order valence-electron chi connectivity index (χ1n) is 8.58. The van der Waals surface area contributed by atoms with Crippen molar-refractivity contribution in [2.24, 2.45) is 7.05 Å². The Balaban J connectivity index is 1.93. The Hall–Kier alpha value is -3.43. The molecule has 0 fully saturated rings. The van der Waals surface area contributed by atoms with E-state index in [-0.39, 0.29) is 36.2 Å². The number of hydrogen-bond donors (Lipinski definition) is 2. The molecule has 1 aromatic carbocycles. The Morgan fingerprint density at radius 3 is 2.68 bits per heavy atom. The van der Waals surface area contributed by atoms with Gasteiger partial charge in [-0.1, -0.05) is 0 Å². The van der Waals surface area contributed by atoms with Crippen LogP contribution in [0.3, 0.4) is 0 Å². The second-order valence-electron chi connectivity index (χ2n) is 6.67. The van der Waals surface area contributed by atoms with Crippen LogP contribution in [-0.2, 0) is 26.7 Å². The van der Waals surface area contributed by atoms with Gasteiger partial charge in [0.15, 0.2) is 5.82 Å². The first-order valence-corrected chi connectivity index (χ1v) is 8.58. The Morgan fingerprint density at radius 2 is 2.07 bits per heavy atom. The van der Waals surface area contributed by atoms with Crippen LogP contribution in [0.5, 0.6) is 0 Å². The molecule has 0 atom stereocenters. The largest absolute Gasteiger partial charge is 0.477 e. The number of pyridine rings is 1. The van der Waals surface area contributed by atoms with Gasteiger partial charge in [-0.2, -0.15) is 5.10 Å². The molecule has 3 N–H and O–H groups in total. The van der Waals surface area contributed by atoms with Gasteiger partial charge in [0.2, 0.25) is 5.43 Å². The van der Waals surface area contributed by atoms with Crippen LogP contribution in [0.2, 0.25) is 0 Å². The quantitative estimate of drug-likeness (QED) is 0.708. The van der Waals surface area contributed by atoms with Gasteiger partial charge in [-0.25, -0.2) is 13.6 Å². The SMILES string of the molecule is CCn1cc(C(=O)O)c(=O)c2cc(F)c(N3Cc4nn(C)c(N)c4C3)c(F)c21. The molecule has 28 heavy (non-hydrogen) atoms. The minimum absolute atomic E-state index is 0.132. The molecule has 3 aromatic rings. The normalized spacial score (nSPS) is 13.4. The molecule has 8 nitrogen and oxygen atoms in total. The van der Waals surface area contributed by atoms with E-state index in [9.17, 15) is 19.1 Å². The van der Waals surface area contributed by atoms with E-state index >= 15 is 4.39 Å². The van der Waals surface area contributed by atoms with E-state index in [0.29, 0.717) is 17.1 Å². The number of nitrogens with zero attached hydrogens (tertiary/aromatic N) is 4. The number of carboxylic acid groups (broad SMARTS) is 1. The van der Waals surface area contributed by atoms with Gasteiger partial charge in [0.25, 0.3) is 0 Å². The Bertz CT molecular complexity index is 1210. The lowest BCUT2D eigenvalue weighted by Crippen LogP contribution is -2.23. The highest BCUT2D eigenvalue weighted by Gasteiger charge is 2.31. The van der Waals surface area contributed by atoms with Gasteiger partial charge in [0, 0.05) is 31.9 Å². The highest BCUT2D eigenvalue weighted by atomic mass is 19.1. The molecule has 0 unspecified atom stereocenters. The molecule has 146 valence electrons. The predicted molar refractivity (Wildman–Crippen MR) is 98.3 cm³/mol. The number of hydrogen-bond acceptors (Lipinski definition) is 5. The minimum atomic E-state index is -1.45. The zero-order valence-electron chi connectivity index (χ0n) is 15.2. The molecule has 2 aromatic heterocycles. The van der Waals surface area contributed by atoms with Crippen LogP contribution in [0.1, 0.15) is 28.5 Å². The van der Waals surface area contributed by atoms with Gasteiger partial charge in [-0.15, -0.1) is 0 Å². The van der Waals surface area contributed by atoms with Gasteiger partial charge in [-0.3, -0.25) is 9.48 Å². The number of carbonyl (C=O) groups is 1. The summed E-state index contributed by atoms with van der Waals surface area (Å²) in [4.78, 5) is 25.2. The van der Waals surface area contributed by atoms with Gasteiger partial charge < -0.3 is 20.3 Å². The van der Waals surface area contributed by atoms with Crippen LogP contribution in [0.25, 0.3) is 10.9 Å². The average Bonchev–Trinajstić information content (AvgIpc) is 3.15. The molecule has 0 saturated carbocycles. The summed E-state index contributed by atoms with van der Waals surface area (Å²) in [5.74, 6) is -2.88. The van der Waals surface area contributed by atoms with Crippen molar-refractivity contribution in [3.63, 3.8) is 0 Å². The van der Waals surface area contributed by atoms with Crippen LogP contribution in [0.15, 0.2) is 17.1 Å². The summed E-state index contributed by atoms with van der Waals surface area (Å²) in [5.41, 5.74) is 5.41. The van der Waals surface area contributed by atoms with Crippen molar-refractivity contribution in [2.45, 2.75) is 26.6 Å². The summed E-state index contributed by atoms with van der Waals surface area (Å²) in [6.45, 7) is 2.23. The van der Waals surface area contributed by atoms with Gasteiger partial charge in [-0.05, 0) is 13.0 Å². The Labute approximate surface area is 157 Å². The van der Waals surface area contributed by atoms with E-state index in [4.69, 9.17) is 5.73 Å². The molecule has 3 heterocycles. The number of rotatable bonds is 3. The maximum Gasteiger partial charge on any atom is 0.341 e. The van der Waals surface area contributed by atoms with Gasteiger partial charge in [0.05, 0.1) is 23.1 Å². The number of aromatic carboxylic acids is 1. The Morgan fingerprint density at radius 1 is 1.36 bits per heavy atom. The van der Waals surface area contributed by atoms with Gasteiger partial charge >= 0.3 is 5.97 Å². The maximum atomic E-state index is 15.4. The lowest BCUT2D eigenvalue weighted by molar-refractivity contribution is 0.0695. The first kappa shape index (κ1) is 18.0. The molecule has 0 radical (unpaired) electrons. The molecule has 1 aliphatic heterocycles. The van der Waals surface area contributed by atoms with Gasteiger partial charge in [0.1, 0.15) is 22.9 Å². The standard InChI is InChI=1S/C18H17F2N5O3/c1-3-24-6-10(18(27)28)16(26)8-4-11(19)15(13(20)14(8)24)25-5-9-12(7-25)22-23(2)17(9)21/h4,6H,3,5,7,21H2,1-2H3,(H,27,28). The second-order valence-corrected chi connectivity index (χ2v) is 6.67. The van der Waals surface area contributed by atoms with E-state index in [1.54, 1.807) is 14.0 Å². The fourth-order valence-corrected chi connectivity index (χ4v) is 3.69. The minimum Gasteiger partial charge on any atom is -0.477 e. The highest BCUT2D eigenvalue weighted by Crippen LogP contribution is 2.36. The monoisotopic (exact) mass is 389 g/mol. The molecule has 0 bridgehead atoms. The van der Waals surface area contributed by atoms with E-state index in [0.717, 1.165) is 12.3 Å². The smallest absolute Gasteiger partial charge is 0.341 e. The number of benzene rings is 1. The molecule has 0 saturated heterocycles. The fourth-order valence-electron chi connectivity index (χ4n) is 3.69. The van der Waals surface area contributed by atoms with Crippen LogP contribution >= 0.6 is 0 Å². The van der Waals surface area contributed by atoms with Crippen molar-refractivity contribution in [3.05, 3.63) is 50.9 Å². The number of fused-ring (bicyclic) bond motifs is 2. The summed E-state index contributed by atoms with van der Waals surface area (Å²) in [6, 6.07) is 0.897. The van der Waals surface area contributed by atoms with Crippen LogP contribution in [-0.4, -0.2) is 25.4 Å². The number of nitrogen functional groups attached to an aromatic ring is 1. The second kappa shape index (κ2) is 6.04. The molecular formula is C18H17F2N5O3. The number of aryl methyl sites for hydroxylation is 2. The number of carboxylic acids is 1. The summed E-state index contributed by atoms with van der Waals surface area (Å²) in [6.07, 6.45) is 1.08. The van der Waals surface area contributed by atoms with E-state index in [2.05, 4.69) is 5.10 Å². The molecule has 0 amide bonds. The summed E-state index contributed by atoms with van der Waals surface area (Å²) in [5, 5.41) is 13.1. The van der Waals surface area contributed by atoms with Crippen LogP contribution < -0.4 is 16.1 Å². The van der Waals surface area contributed by atoms with Crippen molar-refractivity contribution < 1.29 is 18.7 Å². The van der Waals surface area contributed by atoms with Crippen molar-refractivity contribution in [1.82, 2.24) is 14.3 Å². The van der Waals surface area contributed by atoms with E-state index in [1.165, 1.54) is 14.1 Å². The molecule has 10 heteroatoms. The van der Waals surface area contributed by atoms with Crippen LogP contribution in [0, 0.1) is 11.6 Å². The third kappa shape index (κ3) is 2.37. The highest BCUT2D eigenvalue weighted by molar-refractivity contribution is 5.94. The third-order valence-corrected chi connectivity index (χ3v) is 5.08. The predicted octanol–water partition coefficient (Wildman–Crippen LogP) is 1.83. The summed E-state index contributed by atoms with van der Waals surface area (Å²) >= 11 is 0. The van der Waals surface area contributed by atoms with E-state index < -0.39 is 28.6 Å². The van der Waals surface area contributed by atoms with E-state index in [1.807, 2.05) is 0 Å². The number of nitrogens with two attached hydrogens (primary N) is 1. The van der Waals surface area contributed by atoms with Crippen molar-refractivity contribution >= 4 is 28.4 Å². The van der Waals surface area contributed by atoms with Crippen molar-refractivity contribution in [2.75, 3.05) is 10.6 Å². The fraction of sp³-hybridized carbons (Fsp3) is 0.278. The first-order chi connectivity index (χ1) is 13.2. The Kier molecular flexibility index (Phi) is 3.88. The molecule has 4 rings (SSSR count). The average molecular weight is 389 g/mol. The number of halogens is 2. The lowest BCUT2D eigenvalue weighted by Gasteiger charge is -2.22. The topological polar surface area (TPSA) is 106 Å². The lowest BCUT2D eigenvalue weighted by atomic mass is 10.1. The molecule has 0 spiro atoms. The summed E-state index contributed by atoms with van der Waals surface area (Å²) < 4.78 is 33.1. The van der Waals surface area contributed by atoms with Crippen molar-refractivity contribution in [3.8, 4) is 0 Å². The molecule has 0 aliphatic carbocycles. The summed E-state index contributed by atoms with van der Waals surface area (Å²) in [7, 11) is 1.69. The zero-order chi connectivity index (χ0) is 20.3. The maximum absolute atomic E-state index is 15.4. The molecule has 1 aliphatic rings. The zero-order valence-corrected chi connectivity index (χ0v) is 15.2. The number of aromatic nitrogens is 3. The van der Waals surface area contributed by atoms with Crippen LogP contribution in [0.4, 0.5) is 20.3 Å². The molecular weight excluding hydrogens is 372 g/mol.